The van der Waals surface area contributed by atoms with Crippen LogP contribution in [-0.2, 0) is 19.5 Å². The maximum Gasteiger partial charge on any atom is 0.315 e. The third-order valence-electron chi connectivity index (χ3n) is 4.47. The summed E-state index contributed by atoms with van der Waals surface area (Å²) in [6, 6.07) is -0.237. The minimum Gasteiger partial charge on any atom is -0.332 e. The zero-order chi connectivity index (χ0) is 16.5. The Balaban J connectivity index is 1.33. The Morgan fingerprint density at radius 2 is 2.25 bits per heavy atom. The van der Waals surface area contributed by atoms with Crippen molar-refractivity contribution in [3.8, 4) is 0 Å². The van der Waals surface area contributed by atoms with Crippen molar-refractivity contribution in [1.82, 2.24) is 30.4 Å². The number of thiazole rings is 1. The molecule has 0 bridgehead atoms. The van der Waals surface area contributed by atoms with Crippen LogP contribution in [0.5, 0.6) is 0 Å². The number of nitrogens with one attached hydrogen (secondary N) is 2. The second-order valence-corrected chi connectivity index (χ2v) is 7.33. The minimum atomic E-state index is -0.171. The van der Waals surface area contributed by atoms with Crippen molar-refractivity contribution in [2.45, 2.75) is 64.1 Å². The number of hydrogen-bond acceptors (Lipinski definition) is 5. The van der Waals surface area contributed by atoms with Gasteiger partial charge in [0.1, 0.15) is 5.82 Å². The van der Waals surface area contributed by atoms with Crippen LogP contribution in [0.3, 0.4) is 0 Å². The van der Waals surface area contributed by atoms with Crippen molar-refractivity contribution in [2.75, 3.05) is 0 Å². The summed E-state index contributed by atoms with van der Waals surface area (Å²) < 4.78 is 1.93. The molecule has 0 saturated heterocycles. The van der Waals surface area contributed by atoms with E-state index >= 15 is 0 Å². The van der Waals surface area contributed by atoms with Gasteiger partial charge in [0.2, 0.25) is 0 Å². The highest BCUT2D eigenvalue weighted by Gasteiger charge is 2.27. The Morgan fingerprint density at radius 3 is 3.04 bits per heavy atom. The summed E-state index contributed by atoms with van der Waals surface area (Å²) in [4.78, 5) is 21.4. The Labute approximate surface area is 144 Å². The highest BCUT2D eigenvalue weighted by Crippen LogP contribution is 2.41. The number of urea groups is 1. The van der Waals surface area contributed by atoms with Crippen LogP contribution < -0.4 is 10.6 Å². The maximum absolute atomic E-state index is 12.2. The van der Waals surface area contributed by atoms with E-state index in [-0.39, 0.29) is 12.1 Å². The zero-order valence-electron chi connectivity index (χ0n) is 13.8. The number of hydrogen-bond donors (Lipinski definition) is 2. The molecule has 2 N–H and O–H groups in total. The Hall–Kier alpha value is -1.96. The summed E-state index contributed by atoms with van der Waals surface area (Å²) in [7, 11) is 0. The summed E-state index contributed by atoms with van der Waals surface area (Å²) in [5.41, 5.74) is 0.942. The van der Waals surface area contributed by atoms with E-state index in [0.29, 0.717) is 12.5 Å². The van der Waals surface area contributed by atoms with Crippen LogP contribution in [-0.4, -0.2) is 25.8 Å². The van der Waals surface area contributed by atoms with E-state index in [4.69, 9.17) is 0 Å². The molecule has 3 heterocycles. The van der Waals surface area contributed by atoms with E-state index in [1.54, 1.807) is 11.3 Å². The molecular formula is C16H22N6OS. The van der Waals surface area contributed by atoms with Crippen LogP contribution in [0.1, 0.15) is 66.9 Å². The number of carbonyl (C=O) groups excluding carboxylic acids is 1. The van der Waals surface area contributed by atoms with Gasteiger partial charge in [-0.05, 0) is 25.7 Å². The molecule has 2 aromatic heterocycles. The molecule has 128 valence electrons. The number of aryl methyl sites for hydroxylation is 2. The van der Waals surface area contributed by atoms with Crippen molar-refractivity contribution >= 4 is 17.4 Å². The zero-order valence-corrected chi connectivity index (χ0v) is 14.6. The predicted molar refractivity (Wildman–Crippen MR) is 90.8 cm³/mol. The lowest BCUT2D eigenvalue weighted by Crippen LogP contribution is -2.40. The molecule has 0 unspecified atom stereocenters. The first kappa shape index (κ1) is 15.6. The Morgan fingerprint density at radius 1 is 1.38 bits per heavy atom. The summed E-state index contributed by atoms with van der Waals surface area (Å²) in [5.74, 6) is 2.38. The summed E-state index contributed by atoms with van der Waals surface area (Å²) in [5, 5.41) is 13.7. The normalized spacial score (nSPS) is 19.8. The van der Waals surface area contributed by atoms with Crippen molar-refractivity contribution in [3.05, 3.63) is 27.7 Å². The second kappa shape index (κ2) is 6.51. The summed E-state index contributed by atoms with van der Waals surface area (Å²) in [6.45, 7) is 3.39. The fraction of sp³-hybridized carbons (Fsp3) is 0.625. The van der Waals surface area contributed by atoms with E-state index < -0.39 is 0 Å². The lowest BCUT2D eigenvalue weighted by Gasteiger charge is -2.23. The predicted octanol–water partition coefficient (Wildman–Crippen LogP) is 2.51. The molecule has 7 nitrogen and oxygen atoms in total. The van der Waals surface area contributed by atoms with Gasteiger partial charge in [-0.1, -0.05) is 6.92 Å². The number of amides is 2. The molecule has 2 aliphatic rings. The fourth-order valence-electron chi connectivity index (χ4n) is 2.99. The maximum atomic E-state index is 12.2. The van der Waals surface area contributed by atoms with Crippen LogP contribution >= 0.6 is 11.3 Å². The Bertz CT molecular complexity index is 735. The first-order valence-corrected chi connectivity index (χ1v) is 9.53. The van der Waals surface area contributed by atoms with Gasteiger partial charge in [-0.15, -0.1) is 11.3 Å². The lowest BCUT2D eigenvalue weighted by molar-refractivity contribution is 0.232. The molecule has 2 amide bonds. The summed E-state index contributed by atoms with van der Waals surface area (Å²) >= 11 is 1.70. The molecule has 0 aromatic carbocycles. The lowest BCUT2D eigenvalue weighted by atomic mass is 10.1. The largest absolute Gasteiger partial charge is 0.332 e. The van der Waals surface area contributed by atoms with E-state index in [1.807, 2.05) is 17.0 Å². The first-order valence-electron chi connectivity index (χ1n) is 8.65. The van der Waals surface area contributed by atoms with Gasteiger partial charge in [-0.3, -0.25) is 0 Å². The van der Waals surface area contributed by atoms with Gasteiger partial charge in [-0.25, -0.2) is 19.4 Å². The molecule has 0 spiro atoms. The SMILES string of the molecule is CCc1nc2n(n1)CCC[C@H]2NC(=O)NCc1csc(C2CC2)n1. The highest BCUT2D eigenvalue weighted by atomic mass is 32.1. The Kier molecular flexibility index (Phi) is 4.22. The van der Waals surface area contributed by atoms with Crippen molar-refractivity contribution < 1.29 is 4.79 Å². The van der Waals surface area contributed by atoms with Crippen molar-refractivity contribution in [3.63, 3.8) is 0 Å². The van der Waals surface area contributed by atoms with E-state index in [0.717, 1.165) is 43.1 Å². The van der Waals surface area contributed by atoms with Gasteiger partial charge in [0.15, 0.2) is 5.82 Å². The van der Waals surface area contributed by atoms with Crippen LogP contribution in [0.15, 0.2) is 5.38 Å². The quantitative estimate of drug-likeness (QED) is 0.871. The van der Waals surface area contributed by atoms with Gasteiger partial charge < -0.3 is 10.6 Å². The number of nitrogens with zero attached hydrogens (tertiary/aromatic N) is 4. The third kappa shape index (κ3) is 3.28. The first-order chi connectivity index (χ1) is 11.7. The smallest absolute Gasteiger partial charge is 0.315 e. The van der Waals surface area contributed by atoms with E-state index in [2.05, 4.69) is 25.7 Å². The van der Waals surface area contributed by atoms with Gasteiger partial charge in [-0.2, -0.15) is 5.10 Å². The molecule has 8 heteroatoms. The fourth-order valence-corrected chi connectivity index (χ4v) is 3.98. The second-order valence-electron chi connectivity index (χ2n) is 6.44. The van der Waals surface area contributed by atoms with E-state index in [9.17, 15) is 4.79 Å². The number of carbonyl (C=O) groups is 1. The third-order valence-corrected chi connectivity index (χ3v) is 5.52. The number of rotatable bonds is 5. The van der Waals surface area contributed by atoms with Gasteiger partial charge in [0.25, 0.3) is 0 Å². The molecule has 1 aliphatic carbocycles. The molecule has 1 aliphatic heterocycles. The molecule has 2 aromatic rings. The van der Waals surface area contributed by atoms with Gasteiger partial charge in [0, 0.05) is 24.3 Å². The van der Waals surface area contributed by atoms with Crippen molar-refractivity contribution in [1.29, 1.82) is 0 Å². The van der Waals surface area contributed by atoms with Crippen molar-refractivity contribution in [2.24, 2.45) is 0 Å². The van der Waals surface area contributed by atoms with Crippen LogP contribution in [0.2, 0.25) is 0 Å². The van der Waals surface area contributed by atoms with E-state index in [1.165, 1.54) is 17.8 Å². The molecule has 0 radical (unpaired) electrons. The number of aromatic nitrogens is 4. The molecule has 24 heavy (non-hydrogen) atoms. The molecule has 1 saturated carbocycles. The monoisotopic (exact) mass is 346 g/mol. The van der Waals surface area contributed by atoms with Crippen LogP contribution in [0, 0.1) is 0 Å². The van der Waals surface area contributed by atoms with Gasteiger partial charge >= 0.3 is 6.03 Å². The number of fused-ring (bicyclic) bond motifs is 1. The molecule has 1 fully saturated rings. The van der Waals surface area contributed by atoms with Crippen LogP contribution in [0.4, 0.5) is 4.79 Å². The van der Waals surface area contributed by atoms with Crippen LogP contribution in [0.25, 0.3) is 0 Å². The molecular weight excluding hydrogens is 324 g/mol. The summed E-state index contributed by atoms with van der Waals surface area (Å²) in [6.07, 6.45) is 5.22. The highest BCUT2D eigenvalue weighted by molar-refractivity contribution is 7.09. The average molecular weight is 346 g/mol. The average Bonchev–Trinajstić information content (AvgIpc) is 3.17. The van der Waals surface area contributed by atoms with Gasteiger partial charge in [0.05, 0.1) is 23.3 Å². The molecule has 4 rings (SSSR count). The standard InChI is InChI=1S/C16H22N6OS/c1-2-13-20-14-12(4-3-7-22(14)21-13)19-16(23)17-8-11-9-24-15(18-11)10-5-6-10/h9-10,12H,2-8H2,1H3,(H2,17,19,23)/t12-/m1/s1. The molecule has 1 atom stereocenters. The topological polar surface area (TPSA) is 84.7 Å². The minimum absolute atomic E-state index is 0.0657.